The predicted molar refractivity (Wildman–Crippen MR) is 47.8 cm³/mol. The Labute approximate surface area is 80.8 Å². The first kappa shape index (κ1) is 7.88. The first-order chi connectivity index (χ1) is 5.75. The van der Waals surface area contributed by atoms with Crippen LogP contribution in [-0.4, -0.2) is 15.2 Å². The number of aromatic nitrogens is 3. The molecule has 62 valence electrons. The molecule has 0 fully saturated rings. The van der Waals surface area contributed by atoms with Crippen molar-refractivity contribution in [3.8, 4) is 10.8 Å². The van der Waals surface area contributed by atoms with Crippen molar-refractivity contribution >= 4 is 27.3 Å². The third-order valence-electron chi connectivity index (χ3n) is 1.21. The van der Waals surface area contributed by atoms with E-state index in [-0.39, 0.29) is 0 Å². The van der Waals surface area contributed by atoms with E-state index in [1.165, 1.54) is 11.3 Å². The summed E-state index contributed by atoms with van der Waals surface area (Å²) in [5.41, 5.74) is 0. The van der Waals surface area contributed by atoms with Crippen LogP contribution in [-0.2, 0) is 0 Å². The summed E-state index contributed by atoms with van der Waals surface area (Å²) in [5, 5.41) is 7.58. The zero-order valence-corrected chi connectivity index (χ0v) is 8.52. The Morgan fingerprint density at radius 2 is 2.33 bits per heavy atom. The molecule has 0 spiro atoms. The fourth-order valence-electron chi connectivity index (χ4n) is 0.748. The quantitative estimate of drug-likeness (QED) is 0.774. The van der Waals surface area contributed by atoms with Crippen molar-refractivity contribution in [3.05, 3.63) is 16.0 Å². The molecule has 0 atom stereocenters. The lowest BCUT2D eigenvalue weighted by molar-refractivity contribution is 0.534. The molecule has 0 aromatic carbocycles. The third kappa shape index (κ3) is 1.39. The van der Waals surface area contributed by atoms with Crippen molar-refractivity contribution in [3.63, 3.8) is 0 Å². The van der Waals surface area contributed by atoms with Gasteiger partial charge in [-0.25, -0.2) is 4.98 Å². The lowest BCUT2D eigenvalue weighted by Crippen LogP contribution is -1.70. The molecule has 12 heavy (non-hydrogen) atoms. The van der Waals surface area contributed by atoms with Crippen LogP contribution in [0.25, 0.3) is 10.8 Å². The molecule has 2 aromatic heterocycles. The van der Waals surface area contributed by atoms with E-state index < -0.39 is 0 Å². The number of rotatable bonds is 1. The van der Waals surface area contributed by atoms with Crippen LogP contribution < -0.4 is 0 Å². The van der Waals surface area contributed by atoms with E-state index in [0.717, 1.165) is 8.79 Å². The maximum atomic E-state index is 5.21. The van der Waals surface area contributed by atoms with Gasteiger partial charge in [-0.2, -0.15) is 0 Å². The van der Waals surface area contributed by atoms with Crippen LogP contribution in [0, 0.1) is 6.92 Å². The second-order valence-corrected chi connectivity index (χ2v) is 4.41. The van der Waals surface area contributed by atoms with Gasteiger partial charge in [0.05, 0.1) is 6.20 Å². The number of halogens is 1. The van der Waals surface area contributed by atoms with E-state index in [2.05, 4.69) is 31.1 Å². The van der Waals surface area contributed by atoms with Crippen LogP contribution in [0.1, 0.15) is 5.89 Å². The number of nitrogens with zero attached hydrogens (tertiary/aromatic N) is 3. The molecule has 0 unspecified atom stereocenters. The Morgan fingerprint density at radius 1 is 1.50 bits per heavy atom. The molecule has 0 aliphatic carbocycles. The fourth-order valence-corrected chi connectivity index (χ4v) is 1.94. The molecular formula is C6H4BrN3OS. The maximum Gasteiger partial charge on any atom is 0.259 e. The van der Waals surface area contributed by atoms with E-state index in [1.807, 2.05) is 0 Å². The second-order valence-electron chi connectivity index (χ2n) is 2.10. The molecule has 2 heterocycles. The van der Waals surface area contributed by atoms with Gasteiger partial charge in [0.1, 0.15) is 4.88 Å². The van der Waals surface area contributed by atoms with Crippen molar-refractivity contribution in [2.45, 2.75) is 6.92 Å². The highest BCUT2D eigenvalue weighted by molar-refractivity contribution is 9.11. The average Bonchev–Trinajstić information content (AvgIpc) is 2.58. The summed E-state index contributed by atoms with van der Waals surface area (Å²) in [6.45, 7) is 1.76. The van der Waals surface area contributed by atoms with Gasteiger partial charge < -0.3 is 4.42 Å². The minimum absolute atomic E-state index is 0.524. The van der Waals surface area contributed by atoms with Crippen LogP contribution in [0.5, 0.6) is 0 Å². The van der Waals surface area contributed by atoms with Gasteiger partial charge in [0, 0.05) is 6.92 Å². The molecule has 0 radical (unpaired) electrons. The normalized spacial score (nSPS) is 10.5. The zero-order valence-electron chi connectivity index (χ0n) is 6.11. The summed E-state index contributed by atoms with van der Waals surface area (Å²) in [5.74, 6) is 1.09. The van der Waals surface area contributed by atoms with Gasteiger partial charge in [-0.3, -0.25) is 0 Å². The molecule has 2 rings (SSSR count). The summed E-state index contributed by atoms with van der Waals surface area (Å²) in [4.78, 5) is 4.89. The standard InChI is InChI=1S/C6H4BrN3OS/c1-3-9-10-5(11-3)4-2-8-6(7)12-4/h2H,1H3. The maximum absolute atomic E-state index is 5.21. The van der Waals surface area contributed by atoms with Crippen LogP contribution in [0.3, 0.4) is 0 Å². The number of thiazole rings is 1. The van der Waals surface area contributed by atoms with Crippen LogP contribution in [0.4, 0.5) is 0 Å². The summed E-state index contributed by atoms with van der Waals surface area (Å²) in [6.07, 6.45) is 1.70. The van der Waals surface area contributed by atoms with Gasteiger partial charge in [-0.05, 0) is 15.9 Å². The van der Waals surface area contributed by atoms with Crippen molar-refractivity contribution in [2.75, 3.05) is 0 Å². The minimum Gasteiger partial charge on any atom is -0.420 e. The Morgan fingerprint density at radius 3 is 2.83 bits per heavy atom. The van der Waals surface area contributed by atoms with E-state index in [1.54, 1.807) is 13.1 Å². The molecule has 2 aromatic rings. The molecule has 6 heteroatoms. The summed E-state index contributed by atoms with van der Waals surface area (Å²) >= 11 is 4.72. The highest BCUT2D eigenvalue weighted by Gasteiger charge is 2.08. The molecule has 0 bridgehead atoms. The summed E-state index contributed by atoms with van der Waals surface area (Å²) < 4.78 is 6.02. The molecule has 0 N–H and O–H groups in total. The van der Waals surface area contributed by atoms with Gasteiger partial charge in [-0.1, -0.05) is 0 Å². The van der Waals surface area contributed by atoms with Crippen molar-refractivity contribution in [1.29, 1.82) is 0 Å². The number of hydrogen-bond donors (Lipinski definition) is 0. The SMILES string of the molecule is Cc1nnc(-c2cnc(Br)s2)o1. The van der Waals surface area contributed by atoms with Gasteiger partial charge in [0.25, 0.3) is 5.89 Å². The Kier molecular flexibility index (Phi) is 1.93. The number of aryl methyl sites for hydroxylation is 1. The first-order valence-corrected chi connectivity index (χ1v) is 4.78. The second kappa shape index (κ2) is 2.95. The Balaban J connectivity index is 2.43. The topological polar surface area (TPSA) is 51.8 Å². The molecule has 4 nitrogen and oxygen atoms in total. The molecule has 0 saturated heterocycles. The lowest BCUT2D eigenvalue weighted by atomic mass is 10.6. The van der Waals surface area contributed by atoms with Gasteiger partial charge in [0.15, 0.2) is 3.92 Å². The summed E-state index contributed by atoms with van der Waals surface area (Å²) in [7, 11) is 0. The van der Waals surface area contributed by atoms with Crippen molar-refractivity contribution < 1.29 is 4.42 Å². The first-order valence-electron chi connectivity index (χ1n) is 3.17. The van der Waals surface area contributed by atoms with Crippen LogP contribution >= 0.6 is 27.3 Å². The van der Waals surface area contributed by atoms with Crippen molar-refractivity contribution in [2.24, 2.45) is 0 Å². The van der Waals surface area contributed by atoms with Crippen molar-refractivity contribution in [1.82, 2.24) is 15.2 Å². The highest BCUT2D eigenvalue weighted by atomic mass is 79.9. The zero-order chi connectivity index (χ0) is 8.55. The van der Waals surface area contributed by atoms with Crippen LogP contribution in [0.15, 0.2) is 14.5 Å². The molecule has 0 saturated carbocycles. The van der Waals surface area contributed by atoms with Gasteiger partial charge >= 0.3 is 0 Å². The summed E-state index contributed by atoms with van der Waals surface area (Å²) in [6, 6.07) is 0. The Hall–Kier alpha value is -0.750. The smallest absolute Gasteiger partial charge is 0.259 e. The lowest BCUT2D eigenvalue weighted by Gasteiger charge is -1.81. The average molecular weight is 246 g/mol. The predicted octanol–water partition coefficient (Wildman–Crippen LogP) is 2.26. The monoisotopic (exact) mass is 245 g/mol. The number of hydrogen-bond acceptors (Lipinski definition) is 5. The fraction of sp³-hybridized carbons (Fsp3) is 0.167. The van der Waals surface area contributed by atoms with Gasteiger partial charge in [0.2, 0.25) is 5.89 Å². The molecule has 0 amide bonds. The molecule has 0 aliphatic heterocycles. The third-order valence-corrected chi connectivity index (χ3v) is 2.68. The van der Waals surface area contributed by atoms with Crippen LogP contribution in [0.2, 0.25) is 0 Å². The van der Waals surface area contributed by atoms with Gasteiger partial charge in [-0.15, -0.1) is 21.5 Å². The minimum atomic E-state index is 0.524. The molecular weight excluding hydrogens is 242 g/mol. The van der Waals surface area contributed by atoms with E-state index in [9.17, 15) is 0 Å². The largest absolute Gasteiger partial charge is 0.420 e. The molecule has 0 aliphatic rings. The Bertz CT molecular complexity index is 359. The van der Waals surface area contributed by atoms with E-state index >= 15 is 0 Å². The van der Waals surface area contributed by atoms with E-state index in [0.29, 0.717) is 11.8 Å². The highest BCUT2D eigenvalue weighted by Crippen LogP contribution is 2.27. The van der Waals surface area contributed by atoms with E-state index in [4.69, 9.17) is 4.42 Å².